The molecule has 0 bridgehead atoms. The van der Waals surface area contributed by atoms with Crippen LogP contribution in [-0.2, 0) is 9.53 Å². The summed E-state index contributed by atoms with van der Waals surface area (Å²) >= 11 is 0. The first-order chi connectivity index (χ1) is 14.7. The smallest absolute Gasteiger partial charge is 0.403 e. The van der Waals surface area contributed by atoms with Gasteiger partial charge in [0.05, 0.1) is 25.0 Å². The third-order valence-corrected chi connectivity index (χ3v) is 4.43. The van der Waals surface area contributed by atoms with Crippen molar-refractivity contribution in [3.8, 4) is 5.75 Å². The van der Waals surface area contributed by atoms with Gasteiger partial charge in [0.15, 0.2) is 17.4 Å². The van der Waals surface area contributed by atoms with Crippen molar-refractivity contribution in [2.75, 3.05) is 25.2 Å². The maximum atomic E-state index is 14.1. The van der Waals surface area contributed by atoms with Crippen LogP contribution in [0.1, 0.15) is 34.9 Å². The number of anilines is 1. The largest absolute Gasteiger partial charge is 0.573 e. The molecular weight excluding hydrogens is 424 g/mol. The van der Waals surface area contributed by atoms with Crippen LogP contribution in [0.25, 0.3) is 0 Å². The molecule has 0 aliphatic carbocycles. The molecule has 0 saturated carbocycles. The topological polar surface area (TPSA) is 93.7 Å². The molecule has 1 fully saturated rings. The van der Waals surface area contributed by atoms with E-state index in [0.717, 1.165) is 12.1 Å². The van der Waals surface area contributed by atoms with E-state index in [4.69, 9.17) is 4.74 Å². The predicted molar refractivity (Wildman–Crippen MR) is 98.8 cm³/mol. The molecule has 8 nitrogen and oxygen atoms in total. The fraction of sp³-hybridized carbons (Fsp3) is 0.368. The van der Waals surface area contributed by atoms with Gasteiger partial charge in [-0.25, -0.2) is 9.37 Å². The van der Waals surface area contributed by atoms with Gasteiger partial charge in [-0.2, -0.15) is 0 Å². The zero-order chi connectivity index (χ0) is 22.6. The van der Waals surface area contributed by atoms with Crippen LogP contribution in [0.15, 0.2) is 30.6 Å². The van der Waals surface area contributed by atoms with E-state index >= 15 is 0 Å². The van der Waals surface area contributed by atoms with Crippen molar-refractivity contribution < 1.29 is 36.6 Å². The fourth-order valence-electron chi connectivity index (χ4n) is 3.05. The van der Waals surface area contributed by atoms with E-state index in [1.807, 2.05) is 0 Å². The molecule has 1 atom stereocenters. The fourth-order valence-corrected chi connectivity index (χ4v) is 3.05. The summed E-state index contributed by atoms with van der Waals surface area (Å²) in [5.74, 6) is -2.81. The van der Waals surface area contributed by atoms with Gasteiger partial charge in [-0.05, 0) is 24.1 Å². The maximum Gasteiger partial charge on any atom is 0.573 e. The number of hydrogen-bond donors (Lipinski definition) is 1. The predicted octanol–water partition coefficient (Wildman–Crippen LogP) is 2.76. The number of benzene rings is 1. The second-order valence-electron chi connectivity index (χ2n) is 6.63. The summed E-state index contributed by atoms with van der Waals surface area (Å²) in [7, 11) is 1.34. The second kappa shape index (κ2) is 9.25. The van der Waals surface area contributed by atoms with Crippen LogP contribution < -0.4 is 15.0 Å². The first kappa shape index (κ1) is 22.4. The highest BCUT2D eigenvalue weighted by molar-refractivity contribution is 5.96. The molecule has 2 heterocycles. The Hall–Kier alpha value is -3.28. The molecule has 31 heavy (non-hydrogen) atoms. The first-order valence-corrected chi connectivity index (χ1v) is 9.15. The van der Waals surface area contributed by atoms with Crippen molar-refractivity contribution >= 4 is 17.6 Å². The monoisotopic (exact) mass is 442 g/mol. The van der Waals surface area contributed by atoms with Crippen LogP contribution in [-0.4, -0.2) is 48.4 Å². The third kappa shape index (κ3) is 5.66. The number of methoxy groups -OCH3 is 1. The molecule has 166 valence electrons. The highest BCUT2D eigenvalue weighted by Gasteiger charge is 2.32. The van der Waals surface area contributed by atoms with Crippen molar-refractivity contribution in [1.29, 1.82) is 0 Å². The van der Waals surface area contributed by atoms with Gasteiger partial charge < -0.3 is 14.8 Å². The number of halogens is 4. The Balaban J connectivity index is 1.78. The lowest BCUT2D eigenvalue weighted by Crippen LogP contribution is -2.33. The van der Waals surface area contributed by atoms with E-state index < -0.39 is 29.9 Å². The van der Waals surface area contributed by atoms with Crippen molar-refractivity contribution in [2.45, 2.75) is 25.2 Å². The summed E-state index contributed by atoms with van der Waals surface area (Å²) in [6.45, 7) is 0.374. The maximum absolute atomic E-state index is 14.1. The summed E-state index contributed by atoms with van der Waals surface area (Å²) < 4.78 is 59.7. The number of alkyl halides is 3. The minimum atomic E-state index is -5.04. The minimum absolute atomic E-state index is 0.0872. The van der Waals surface area contributed by atoms with Gasteiger partial charge in [-0.1, -0.05) is 6.07 Å². The van der Waals surface area contributed by atoms with E-state index in [0.29, 0.717) is 19.4 Å². The molecule has 1 aromatic carbocycles. The average Bonchev–Trinajstić information content (AvgIpc) is 3.14. The molecule has 1 saturated heterocycles. The first-order valence-electron chi connectivity index (χ1n) is 9.15. The highest BCUT2D eigenvalue weighted by atomic mass is 19.4. The lowest BCUT2D eigenvalue weighted by Gasteiger charge is -2.20. The van der Waals surface area contributed by atoms with Gasteiger partial charge in [0.25, 0.3) is 5.91 Å². The normalized spacial score (nSPS) is 15.1. The number of carbonyl (C=O) groups is 2. The molecule has 2 amide bonds. The highest BCUT2D eigenvalue weighted by Crippen LogP contribution is 2.28. The molecule has 1 N–H and O–H groups in total. The molecule has 3 rings (SSSR count). The van der Waals surface area contributed by atoms with Gasteiger partial charge in [-0.3, -0.25) is 19.5 Å². The van der Waals surface area contributed by atoms with E-state index in [9.17, 15) is 27.2 Å². The van der Waals surface area contributed by atoms with Gasteiger partial charge in [0, 0.05) is 20.1 Å². The van der Waals surface area contributed by atoms with Gasteiger partial charge in [-0.15, -0.1) is 13.2 Å². The number of amides is 2. The second-order valence-corrected chi connectivity index (χ2v) is 6.63. The number of hydrogen-bond acceptors (Lipinski definition) is 6. The van der Waals surface area contributed by atoms with Crippen LogP contribution in [0, 0.1) is 5.82 Å². The Kier molecular flexibility index (Phi) is 6.68. The number of nitrogens with zero attached hydrogens (tertiary/aromatic N) is 3. The zero-order valence-corrected chi connectivity index (χ0v) is 16.3. The van der Waals surface area contributed by atoms with Gasteiger partial charge in [0.1, 0.15) is 5.69 Å². The average molecular weight is 442 g/mol. The number of ether oxygens (including phenoxy) is 2. The van der Waals surface area contributed by atoms with E-state index in [-0.39, 0.29) is 29.6 Å². The Bertz CT molecular complexity index is 970. The SMILES string of the molecule is COC[C@@H](NC(=O)c1cncc(N2CCCC2=O)n1)c1ccc(OC(F)(F)F)c(F)c1. The van der Waals surface area contributed by atoms with Crippen molar-refractivity contribution in [1.82, 2.24) is 15.3 Å². The number of nitrogens with one attached hydrogen (secondary N) is 1. The summed E-state index contributed by atoms with van der Waals surface area (Å²) in [4.78, 5) is 34.0. The van der Waals surface area contributed by atoms with Crippen molar-refractivity contribution in [2.24, 2.45) is 0 Å². The molecule has 1 aromatic heterocycles. The minimum Gasteiger partial charge on any atom is -0.403 e. The van der Waals surface area contributed by atoms with Crippen molar-refractivity contribution in [3.05, 3.63) is 47.7 Å². The van der Waals surface area contributed by atoms with Crippen LogP contribution in [0.5, 0.6) is 5.75 Å². The van der Waals surface area contributed by atoms with E-state index in [1.165, 1.54) is 30.5 Å². The Morgan fingerprint density at radius 3 is 2.71 bits per heavy atom. The number of carbonyl (C=O) groups excluding carboxylic acids is 2. The molecule has 12 heteroatoms. The molecule has 2 aromatic rings. The molecule has 0 unspecified atom stereocenters. The standard InChI is InChI=1S/C19H18F4N4O4/c1-30-10-14(11-4-5-15(12(20)7-11)31-19(21,22)23)26-18(29)13-8-24-9-16(25-13)27-6-2-3-17(27)28/h4-5,7-9,14H,2-3,6,10H2,1H3,(H,26,29)/t14-/m1/s1. The Labute approximate surface area is 174 Å². The quantitative estimate of drug-likeness (QED) is 0.663. The van der Waals surface area contributed by atoms with Crippen LogP contribution in [0.2, 0.25) is 0 Å². The molecule has 1 aliphatic heterocycles. The van der Waals surface area contributed by atoms with Gasteiger partial charge in [0.2, 0.25) is 5.91 Å². The Morgan fingerprint density at radius 1 is 1.32 bits per heavy atom. The molecule has 0 spiro atoms. The lowest BCUT2D eigenvalue weighted by molar-refractivity contribution is -0.275. The molecule has 1 aliphatic rings. The summed E-state index contributed by atoms with van der Waals surface area (Å²) in [6, 6.07) is 1.91. The summed E-state index contributed by atoms with van der Waals surface area (Å²) in [5, 5.41) is 2.57. The molecule has 0 radical (unpaired) electrons. The van der Waals surface area contributed by atoms with Crippen LogP contribution in [0.4, 0.5) is 23.4 Å². The lowest BCUT2D eigenvalue weighted by atomic mass is 10.1. The number of rotatable bonds is 7. The number of aromatic nitrogens is 2. The third-order valence-electron chi connectivity index (χ3n) is 4.43. The molecular formula is C19H18F4N4O4. The van der Waals surface area contributed by atoms with E-state index in [2.05, 4.69) is 20.0 Å². The summed E-state index contributed by atoms with van der Waals surface area (Å²) in [6.07, 6.45) is -1.42. The Morgan fingerprint density at radius 2 is 2.10 bits per heavy atom. The van der Waals surface area contributed by atoms with Crippen molar-refractivity contribution in [3.63, 3.8) is 0 Å². The van der Waals surface area contributed by atoms with E-state index in [1.54, 1.807) is 0 Å². The van der Waals surface area contributed by atoms with Gasteiger partial charge >= 0.3 is 6.36 Å². The van der Waals surface area contributed by atoms with Crippen LogP contribution >= 0.6 is 0 Å². The van der Waals surface area contributed by atoms with Crippen LogP contribution in [0.3, 0.4) is 0 Å². The zero-order valence-electron chi connectivity index (χ0n) is 16.3. The summed E-state index contributed by atoms with van der Waals surface area (Å²) in [5.41, 5.74) is 0.0665.